The van der Waals surface area contributed by atoms with Gasteiger partial charge in [-0.2, -0.15) is 0 Å². The molecule has 0 aliphatic carbocycles. The van der Waals surface area contributed by atoms with Gasteiger partial charge in [-0.05, 0) is 71.4 Å². The molecule has 0 radical (unpaired) electrons. The highest BCUT2D eigenvalue weighted by Gasteiger charge is 2.25. The van der Waals surface area contributed by atoms with Crippen LogP contribution in [0.3, 0.4) is 0 Å². The SMILES string of the molecule is NCCCN1CCC(N2CCCC2)CC1. The Bertz CT molecular complexity index is 170. The molecule has 0 aromatic heterocycles. The average molecular weight is 211 g/mol. The van der Waals surface area contributed by atoms with Gasteiger partial charge in [-0.15, -0.1) is 0 Å². The van der Waals surface area contributed by atoms with Gasteiger partial charge < -0.3 is 15.5 Å². The van der Waals surface area contributed by atoms with E-state index in [9.17, 15) is 0 Å². The molecular weight excluding hydrogens is 186 g/mol. The molecule has 2 saturated heterocycles. The Kier molecular flexibility index (Phi) is 4.42. The fourth-order valence-corrected chi connectivity index (χ4v) is 2.93. The Morgan fingerprint density at radius 1 is 1.00 bits per heavy atom. The van der Waals surface area contributed by atoms with Crippen LogP contribution in [0.5, 0.6) is 0 Å². The van der Waals surface area contributed by atoms with Gasteiger partial charge in [-0.1, -0.05) is 0 Å². The number of nitrogens with zero attached hydrogens (tertiary/aromatic N) is 2. The van der Waals surface area contributed by atoms with Gasteiger partial charge in [-0.3, -0.25) is 0 Å². The first-order valence-corrected chi connectivity index (χ1v) is 6.56. The summed E-state index contributed by atoms with van der Waals surface area (Å²) in [6, 6.07) is 0.890. The van der Waals surface area contributed by atoms with Crippen LogP contribution >= 0.6 is 0 Å². The summed E-state index contributed by atoms with van der Waals surface area (Å²) in [7, 11) is 0. The number of piperidine rings is 1. The van der Waals surface area contributed by atoms with Crippen molar-refractivity contribution in [1.82, 2.24) is 9.80 Å². The molecule has 2 fully saturated rings. The van der Waals surface area contributed by atoms with Gasteiger partial charge >= 0.3 is 0 Å². The van der Waals surface area contributed by atoms with Crippen molar-refractivity contribution < 1.29 is 0 Å². The molecule has 2 aliphatic rings. The predicted molar refractivity (Wildman–Crippen MR) is 63.9 cm³/mol. The van der Waals surface area contributed by atoms with Crippen molar-refractivity contribution in [2.24, 2.45) is 5.73 Å². The molecule has 2 heterocycles. The molecule has 3 heteroatoms. The van der Waals surface area contributed by atoms with E-state index in [1.54, 1.807) is 0 Å². The number of likely N-dealkylation sites (tertiary alicyclic amines) is 2. The lowest BCUT2D eigenvalue weighted by Gasteiger charge is -2.36. The second kappa shape index (κ2) is 5.83. The molecule has 15 heavy (non-hydrogen) atoms. The normalized spacial score (nSPS) is 26.2. The van der Waals surface area contributed by atoms with Crippen LogP contribution in [0.4, 0.5) is 0 Å². The van der Waals surface area contributed by atoms with Crippen molar-refractivity contribution in [1.29, 1.82) is 0 Å². The summed E-state index contributed by atoms with van der Waals surface area (Å²) >= 11 is 0. The summed E-state index contributed by atoms with van der Waals surface area (Å²) in [6.45, 7) is 7.35. The zero-order valence-electron chi connectivity index (χ0n) is 9.83. The van der Waals surface area contributed by atoms with Crippen LogP contribution in [0.25, 0.3) is 0 Å². The molecule has 0 spiro atoms. The summed E-state index contributed by atoms with van der Waals surface area (Å²) in [5.74, 6) is 0. The van der Waals surface area contributed by atoms with Crippen LogP contribution in [0.1, 0.15) is 32.1 Å². The largest absolute Gasteiger partial charge is 0.330 e. The quantitative estimate of drug-likeness (QED) is 0.750. The molecular formula is C12H25N3. The lowest BCUT2D eigenvalue weighted by atomic mass is 10.0. The predicted octanol–water partition coefficient (Wildman–Crippen LogP) is 0.895. The lowest BCUT2D eigenvalue weighted by Crippen LogP contribution is -2.44. The van der Waals surface area contributed by atoms with E-state index < -0.39 is 0 Å². The maximum absolute atomic E-state index is 5.54. The van der Waals surface area contributed by atoms with E-state index in [1.165, 1.54) is 58.4 Å². The molecule has 3 nitrogen and oxygen atoms in total. The van der Waals surface area contributed by atoms with Gasteiger partial charge in [0.05, 0.1) is 0 Å². The molecule has 0 bridgehead atoms. The highest BCUT2D eigenvalue weighted by molar-refractivity contribution is 4.82. The van der Waals surface area contributed by atoms with Crippen LogP contribution in [0, 0.1) is 0 Å². The summed E-state index contributed by atoms with van der Waals surface area (Å²) in [6.07, 6.45) is 6.77. The van der Waals surface area contributed by atoms with E-state index in [1.807, 2.05) is 0 Å². The van der Waals surface area contributed by atoms with Crippen molar-refractivity contribution in [2.45, 2.75) is 38.1 Å². The van der Waals surface area contributed by atoms with Gasteiger partial charge in [0.2, 0.25) is 0 Å². The Morgan fingerprint density at radius 2 is 1.67 bits per heavy atom. The first-order valence-electron chi connectivity index (χ1n) is 6.56. The van der Waals surface area contributed by atoms with Crippen molar-refractivity contribution in [3.8, 4) is 0 Å². The maximum Gasteiger partial charge on any atom is 0.0120 e. The van der Waals surface area contributed by atoms with Gasteiger partial charge in [-0.25, -0.2) is 0 Å². The van der Waals surface area contributed by atoms with Crippen molar-refractivity contribution in [2.75, 3.05) is 39.3 Å². The second-order valence-corrected chi connectivity index (χ2v) is 4.96. The molecule has 0 atom stereocenters. The summed E-state index contributed by atoms with van der Waals surface area (Å²) < 4.78 is 0. The molecule has 0 unspecified atom stereocenters. The highest BCUT2D eigenvalue weighted by Crippen LogP contribution is 2.20. The van der Waals surface area contributed by atoms with E-state index in [0.29, 0.717) is 0 Å². The standard InChI is InChI=1S/C12H25N3/c13-6-3-7-14-10-4-12(5-11-14)15-8-1-2-9-15/h12H,1-11,13H2. The third-order valence-corrected chi connectivity index (χ3v) is 3.89. The number of rotatable bonds is 4. The first-order chi connectivity index (χ1) is 7.40. The van der Waals surface area contributed by atoms with Crippen LogP contribution in [-0.2, 0) is 0 Å². The number of hydrogen-bond donors (Lipinski definition) is 1. The summed E-state index contributed by atoms with van der Waals surface area (Å²) in [5.41, 5.74) is 5.54. The fourth-order valence-electron chi connectivity index (χ4n) is 2.93. The fraction of sp³-hybridized carbons (Fsp3) is 1.00. The van der Waals surface area contributed by atoms with Crippen LogP contribution in [0.2, 0.25) is 0 Å². The first kappa shape index (κ1) is 11.4. The van der Waals surface area contributed by atoms with E-state index in [4.69, 9.17) is 5.73 Å². The van der Waals surface area contributed by atoms with E-state index in [2.05, 4.69) is 9.80 Å². The van der Waals surface area contributed by atoms with E-state index >= 15 is 0 Å². The molecule has 88 valence electrons. The maximum atomic E-state index is 5.54. The third-order valence-electron chi connectivity index (χ3n) is 3.89. The number of nitrogens with two attached hydrogens (primary N) is 1. The monoisotopic (exact) mass is 211 g/mol. The molecule has 2 rings (SSSR count). The topological polar surface area (TPSA) is 32.5 Å². The van der Waals surface area contributed by atoms with Gasteiger partial charge in [0, 0.05) is 6.04 Å². The lowest BCUT2D eigenvalue weighted by molar-refractivity contribution is 0.126. The minimum Gasteiger partial charge on any atom is -0.330 e. The Balaban J connectivity index is 1.67. The van der Waals surface area contributed by atoms with E-state index in [0.717, 1.165) is 19.0 Å². The summed E-state index contributed by atoms with van der Waals surface area (Å²) in [5, 5.41) is 0. The van der Waals surface area contributed by atoms with Crippen LogP contribution in [-0.4, -0.2) is 55.1 Å². The van der Waals surface area contributed by atoms with Crippen LogP contribution in [0.15, 0.2) is 0 Å². The molecule has 0 aromatic carbocycles. The van der Waals surface area contributed by atoms with Crippen molar-refractivity contribution in [3.05, 3.63) is 0 Å². The average Bonchev–Trinajstić information content (AvgIpc) is 2.80. The van der Waals surface area contributed by atoms with Crippen molar-refractivity contribution >= 4 is 0 Å². The summed E-state index contributed by atoms with van der Waals surface area (Å²) in [4.78, 5) is 5.29. The minimum absolute atomic E-state index is 0.839. The van der Waals surface area contributed by atoms with Crippen LogP contribution < -0.4 is 5.73 Å². The van der Waals surface area contributed by atoms with Gasteiger partial charge in [0.25, 0.3) is 0 Å². The van der Waals surface area contributed by atoms with Gasteiger partial charge in [0.15, 0.2) is 0 Å². The molecule has 2 aliphatic heterocycles. The number of hydrogen-bond acceptors (Lipinski definition) is 3. The molecule has 0 amide bonds. The minimum atomic E-state index is 0.839. The Morgan fingerprint density at radius 3 is 2.27 bits per heavy atom. The molecule has 2 N–H and O–H groups in total. The smallest absolute Gasteiger partial charge is 0.0120 e. The van der Waals surface area contributed by atoms with E-state index in [-0.39, 0.29) is 0 Å². The highest BCUT2D eigenvalue weighted by atomic mass is 15.2. The zero-order valence-corrected chi connectivity index (χ0v) is 9.83. The van der Waals surface area contributed by atoms with Gasteiger partial charge in [0.1, 0.15) is 0 Å². The zero-order chi connectivity index (χ0) is 10.5. The molecule has 0 aromatic rings. The Hall–Kier alpha value is -0.120. The molecule has 0 saturated carbocycles. The van der Waals surface area contributed by atoms with Crippen molar-refractivity contribution in [3.63, 3.8) is 0 Å². The third kappa shape index (κ3) is 3.16. The Labute approximate surface area is 93.6 Å². The second-order valence-electron chi connectivity index (χ2n) is 4.96.